The van der Waals surface area contributed by atoms with E-state index in [1.54, 1.807) is 18.2 Å². The van der Waals surface area contributed by atoms with Crippen LogP contribution in [0, 0.1) is 16.0 Å². The highest BCUT2D eigenvalue weighted by Crippen LogP contribution is 2.31. The summed E-state index contributed by atoms with van der Waals surface area (Å²) in [6, 6.07) is 10.4. The third-order valence-corrected chi connectivity index (χ3v) is 5.66. The maximum atomic E-state index is 12.4. The Hall–Kier alpha value is -3.27. The highest BCUT2D eigenvalue weighted by Gasteiger charge is 2.29. The first-order valence-corrected chi connectivity index (χ1v) is 10.0. The van der Waals surface area contributed by atoms with Crippen molar-refractivity contribution in [2.45, 2.75) is 19.4 Å². The topological polar surface area (TPSA) is 112 Å². The van der Waals surface area contributed by atoms with Gasteiger partial charge in [0.25, 0.3) is 11.6 Å². The Morgan fingerprint density at radius 1 is 1.28 bits per heavy atom. The molecule has 3 heterocycles. The Morgan fingerprint density at radius 3 is 2.79 bits per heavy atom. The molecule has 0 saturated carbocycles. The van der Waals surface area contributed by atoms with Gasteiger partial charge in [-0.25, -0.2) is 0 Å². The smallest absolute Gasteiger partial charge is 0.309 e. The van der Waals surface area contributed by atoms with E-state index in [0.717, 1.165) is 4.88 Å². The monoisotopic (exact) mass is 414 g/mol. The van der Waals surface area contributed by atoms with Crippen molar-refractivity contribution in [1.82, 2.24) is 10.1 Å². The summed E-state index contributed by atoms with van der Waals surface area (Å²) >= 11 is 1.50. The average Bonchev–Trinajstić information content (AvgIpc) is 3.44. The predicted octanol–water partition coefficient (Wildman–Crippen LogP) is 3.67. The van der Waals surface area contributed by atoms with E-state index in [1.165, 1.54) is 17.4 Å². The Kier molecular flexibility index (Phi) is 5.52. The number of para-hydroxylation sites is 2. The van der Waals surface area contributed by atoms with Crippen LogP contribution in [0.25, 0.3) is 10.7 Å². The lowest BCUT2D eigenvalue weighted by molar-refractivity contribution is -0.384. The van der Waals surface area contributed by atoms with Crippen molar-refractivity contribution >= 4 is 28.7 Å². The van der Waals surface area contributed by atoms with Gasteiger partial charge in [0.1, 0.15) is 5.69 Å². The minimum absolute atomic E-state index is 0.0679. The summed E-state index contributed by atoms with van der Waals surface area (Å²) < 4.78 is 10.5. The van der Waals surface area contributed by atoms with E-state index in [-0.39, 0.29) is 35.0 Å². The molecule has 1 aliphatic rings. The first kappa shape index (κ1) is 19.1. The van der Waals surface area contributed by atoms with Gasteiger partial charge in [0.2, 0.25) is 5.82 Å². The van der Waals surface area contributed by atoms with Crippen LogP contribution >= 0.6 is 11.3 Å². The van der Waals surface area contributed by atoms with Crippen molar-refractivity contribution in [3.63, 3.8) is 0 Å². The van der Waals surface area contributed by atoms with Gasteiger partial charge in [-0.15, -0.1) is 11.3 Å². The highest BCUT2D eigenvalue weighted by molar-refractivity contribution is 7.13. The van der Waals surface area contributed by atoms with E-state index in [9.17, 15) is 14.9 Å². The molecular formula is C19H18N4O5S. The zero-order valence-electron chi connectivity index (χ0n) is 15.4. The number of aromatic nitrogens is 2. The predicted molar refractivity (Wildman–Crippen MR) is 105 cm³/mol. The minimum atomic E-state index is -0.384. The molecular weight excluding hydrogens is 396 g/mol. The van der Waals surface area contributed by atoms with Crippen LogP contribution in [0.15, 0.2) is 46.3 Å². The number of nitrogens with zero attached hydrogens (tertiary/aromatic N) is 4. The fourth-order valence-corrected chi connectivity index (χ4v) is 3.96. The zero-order chi connectivity index (χ0) is 20.2. The van der Waals surface area contributed by atoms with E-state index < -0.39 is 0 Å². The molecule has 1 aliphatic heterocycles. The van der Waals surface area contributed by atoms with Gasteiger partial charge in [0.15, 0.2) is 6.61 Å². The molecule has 3 aromatic rings. The molecule has 29 heavy (non-hydrogen) atoms. The normalized spacial score (nSPS) is 14.7. The third-order valence-electron chi connectivity index (χ3n) is 4.79. The molecule has 150 valence electrons. The number of nitro benzene ring substituents is 1. The number of carbonyl (C=O) groups is 1. The molecule has 0 atom stereocenters. The second-order valence-electron chi connectivity index (χ2n) is 6.60. The molecule has 10 heteroatoms. The number of carbonyl (C=O) groups excluding carboxylic acids is 1. The number of rotatable bonds is 6. The van der Waals surface area contributed by atoms with Crippen molar-refractivity contribution in [2.24, 2.45) is 5.92 Å². The van der Waals surface area contributed by atoms with Crippen LogP contribution < -0.4 is 4.90 Å². The number of nitro groups is 1. The molecule has 0 spiro atoms. The molecule has 1 fully saturated rings. The number of thiophene rings is 1. The summed E-state index contributed by atoms with van der Waals surface area (Å²) in [6.07, 6.45) is 1.13. The summed E-state index contributed by atoms with van der Waals surface area (Å²) in [4.78, 5) is 30.3. The lowest BCUT2D eigenvalue weighted by Crippen LogP contribution is -2.37. The summed E-state index contributed by atoms with van der Waals surface area (Å²) in [5.74, 6) is 0.153. The van der Waals surface area contributed by atoms with Gasteiger partial charge in [-0.05, 0) is 30.4 Å². The summed E-state index contributed by atoms with van der Waals surface area (Å²) in [6.45, 7) is 1.03. The molecule has 9 nitrogen and oxygen atoms in total. The van der Waals surface area contributed by atoms with E-state index in [0.29, 0.717) is 37.4 Å². The fourth-order valence-electron chi connectivity index (χ4n) is 3.31. The van der Waals surface area contributed by atoms with Crippen molar-refractivity contribution in [3.8, 4) is 10.7 Å². The number of anilines is 1. The van der Waals surface area contributed by atoms with Gasteiger partial charge in [-0.2, -0.15) is 4.98 Å². The maximum absolute atomic E-state index is 12.4. The van der Waals surface area contributed by atoms with Gasteiger partial charge < -0.3 is 14.2 Å². The van der Waals surface area contributed by atoms with Crippen LogP contribution in [0.1, 0.15) is 18.7 Å². The van der Waals surface area contributed by atoms with Crippen LogP contribution in [-0.4, -0.2) is 34.1 Å². The zero-order valence-corrected chi connectivity index (χ0v) is 16.2. The Morgan fingerprint density at radius 2 is 2.07 bits per heavy atom. The second kappa shape index (κ2) is 8.39. The number of piperidine rings is 1. The van der Waals surface area contributed by atoms with Gasteiger partial charge in [-0.3, -0.25) is 14.9 Å². The minimum Gasteiger partial charge on any atom is -0.455 e. The van der Waals surface area contributed by atoms with Gasteiger partial charge in [0, 0.05) is 19.2 Å². The molecule has 1 aromatic carbocycles. The molecule has 0 bridgehead atoms. The molecule has 4 rings (SSSR count). The van der Waals surface area contributed by atoms with Crippen molar-refractivity contribution in [3.05, 3.63) is 57.8 Å². The fraction of sp³-hybridized carbons (Fsp3) is 0.316. The standard InChI is InChI=1S/C19H18N4O5S/c24-19(27-12-17-20-18(21-28-17)16-6-3-11-29-16)13-7-9-22(10-8-13)14-4-1-2-5-15(14)23(25)26/h1-6,11,13H,7-10,12H2. The third kappa shape index (κ3) is 4.27. The number of benzene rings is 1. The summed E-state index contributed by atoms with van der Waals surface area (Å²) in [7, 11) is 0. The molecule has 0 aliphatic carbocycles. The number of hydrogen-bond donors (Lipinski definition) is 0. The lowest BCUT2D eigenvalue weighted by atomic mass is 9.96. The van der Waals surface area contributed by atoms with Crippen LogP contribution in [0.2, 0.25) is 0 Å². The molecule has 0 radical (unpaired) electrons. The molecule has 0 N–H and O–H groups in total. The summed E-state index contributed by atoms with van der Waals surface area (Å²) in [5.41, 5.74) is 0.655. The quantitative estimate of drug-likeness (QED) is 0.341. The first-order chi connectivity index (χ1) is 14.1. The number of esters is 1. The maximum Gasteiger partial charge on any atom is 0.309 e. The van der Waals surface area contributed by atoms with Crippen LogP contribution in [-0.2, 0) is 16.1 Å². The van der Waals surface area contributed by atoms with Gasteiger partial charge >= 0.3 is 5.97 Å². The first-order valence-electron chi connectivity index (χ1n) is 9.13. The summed E-state index contributed by atoms with van der Waals surface area (Å²) in [5, 5.41) is 17.0. The van der Waals surface area contributed by atoms with E-state index in [4.69, 9.17) is 9.26 Å². The van der Waals surface area contributed by atoms with Crippen LogP contribution in [0.3, 0.4) is 0 Å². The molecule has 0 unspecified atom stereocenters. The molecule has 2 aromatic heterocycles. The lowest BCUT2D eigenvalue weighted by Gasteiger charge is -2.32. The number of hydrogen-bond acceptors (Lipinski definition) is 9. The SMILES string of the molecule is O=C(OCc1nc(-c2cccs2)no1)C1CCN(c2ccccc2[N+](=O)[O-])CC1. The Labute approximate surface area is 170 Å². The molecule has 0 amide bonds. The van der Waals surface area contributed by atoms with Crippen molar-refractivity contribution < 1.29 is 19.0 Å². The van der Waals surface area contributed by atoms with Crippen LogP contribution in [0.4, 0.5) is 11.4 Å². The average molecular weight is 414 g/mol. The van der Waals surface area contributed by atoms with E-state index in [1.807, 2.05) is 22.4 Å². The second-order valence-corrected chi connectivity index (χ2v) is 7.55. The van der Waals surface area contributed by atoms with Crippen LogP contribution in [0.5, 0.6) is 0 Å². The number of ether oxygens (including phenoxy) is 1. The van der Waals surface area contributed by atoms with E-state index >= 15 is 0 Å². The highest BCUT2D eigenvalue weighted by atomic mass is 32.1. The Balaban J connectivity index is 1.30. The Bertz CT molecular complexity index is 996. The largest absolute Gasteiger partial charge is 0.455 e. The van der Waals surface area contributed by atoms with Gasteiger partial charge in [0.05, 0.1) is 15.7 Å². The van der Waals surface area contributed by atoms with E-state index in [2.05, 4.69) is 10.1 Å². The van der Waals surface area contributed by atoms with Crippen molar-refractivity contribution in [1.29, 1.82) is 0 Å². The molecule has 1 saturated heterocycles. The van der Waals surface area contributed by atoms with Crippen molar-refractivity contribution in [2.75, 3.05) is 18.0 Å². The van der Waals surface area contributed by atoms with Gasteiger partial charge in [-0.1, -0.05) is 23.4 Å².